The Bertz CT molecular complexity index is 895. The molecule has 0 bridgehead atoms. The third-order valence-electron chi connectivity index (χ3n) is 5.54. The van der Waals surface area contributed by atoms with Crippen molar-refractivity contribution in [1.82, 2.24) is 9.80 Å². The van der Waals surface area contributed by atoms with Gasteiger partial charge < -0.3 is 14.5 Å². The second-order valence-electron chi connectivity index (χ2n) is 7.43. The van der Waals surface area contributed by atoms with Crippen molar-refractivity contribution in [3.05, 3.63) is 65.7 Å². The summed E-state index contributed by atoms with van der Waals surface area (Å²) < 4.78 is 31.9. The molecule has 7 heteroatoms. The van der Waals surface area contributed by atoms with Crippen molar-refractivity contribution in [2.75, 3.05) is 32.8 Å². The number of amides is 2. The summed E-state index contributed by atoms with van der Waals surface area (Å²) in [6, 6.07) is 12.3. The van der Waals surface area contributed by atoms with Crippen molar-refractivity contribution in [3.63, 3.8) is 0 Å². The number of nitrogens with zero attached hydrogens (tertiary/aromatic N) is 2. The number of halogens is 2. The summed E-state index contributed by atoms with van der Waals surface area (Å²) in [5.74, 6) is -0.780. The molecule has 0 N–H and O–H groups in total. The molecule has 2 atom stereocenters. The summed E-state index contributed by atoms with van der Waals surface area (Å²) in [4.78, 5) is 28.5. The smallest absolute Gasteiger partial charge is 0.260 e. The van der Waals surface area contributed by atoms with Crippen LogP contribution in [0.25, 0.3) is 0 Å². The predicted octanol–water partition coefficient (Wildman–Crippen LogP) is 2.82. The number of para-hydroxylation sites is 1. The highest BCUT2D eigenvalue weighted by atomic mass is 19.1. The van der Waals surface area contributed by atoms with Gasteiger partial charge in [0.05, 0.1) is 0 Å². The van der Waals surface area contributed by atoms with Crippen LogP contribution in [0.4, 0.5) is 8.78 Å². The molecular formula is C22H22F2N2O3. The minimum atomic E-state index is -0.504. The molecule has 1 aliphatic carbocycles. The molecule has 1 aliphatic heterocycles. The third-order valence-corrected chi connectivity index (χ3v) is 5.54. The van der Waals surface area contributed by atoms with Crippen molar-refractivity contribution in [2.24, 2.45) is 5.92 Å². The van der Waals surface area contributed by atoms with Crippen LogP contribution >= 0.6 is 0 Å². The standard InChI is InChI=1S/C22H22F2N2O3/c23-16-7-5-15(6-8-16)17-13-18(17)22(28)26-11-9-25(10-12-26)21(27)14-29-20-4-2-1-3-19(20)24/h1-8,17-18H,9-14H2. The van der Waals surface area contributed by atoms with E-state index in [1.165, 1.54) is 24.3 Å². The summed E-state index contributed by atoms with van der Waals surface area (Å²) in [7, 11) is 0. The molecule has 1 saturated carbocycles. The van der Waals surface area contributed by atoms with E-state index in [2.05, 4.69) is 0 Å². The average Bonchev–Trinajstić information content (AvgIpc) is 3.54. The van der Waals surface area contributed by atoms with E-state index in [9.17, 15) is 18.4 Å². The van der Waals surface area contributed by atoms with Gasteiger partial charge >= 0.3 is 0 Å². The minimum absolute atomic E-state index is 0.0511. The topological polar surface area (TPSA) is 49.9 Å². The molecule has 29 heavy (non-hydrogen) atoms. The van der Waals surface area contributed by atoms with Crippen molar-refractivity contribution < 1.29 is 23.1 Å². The zero-order chi connectivity index (χ0) is 20.4. The molecule has 0 aromatic heterocycles. The van der Waals surface area contributed by atoms with Crippen molar-refractivity contribution in [3.8, 4) is 5.75 Å². The molecule has 1 saturated heterocycles. The molecule has 2 aromatic rings. The summed E-state index contributed by atoms with van der Waals surface area (Å²) in [5.41, 5.74) is 0.990. The van der Waals surface area contributed by atoms with Crippen LogP contribution in [0.1, 0.15) is 17.9 Å². The third kappa shape index (κ3) is 4.39. The largest absolute Gasteiger partial charge is 0.481 e. The van der Waals surface area contributed by atoms with Crippen LogP contribution < -0.4 is 4.74 Å². The van der Waals surface area contributed by atoms with Gasteiger partial charge in [0.25, 0.3) is 5.91 Å². The summed E-state index contributed by atoms with van der Waals surface area (Å²) in [6.07, 6.45) is 0.778. The van der Waals surface area contributed by atoms with Crippen molar-refractivity contribution in [1.29, 1.82) is 0 Å². The zero-order valence-electron chi connectivity index (χ0n) is 15.9. The van der Waals surface area contributed by atoms with E-state index in [1.54, 1.807) is 34.1 Å². The first-order valence-corrected chi connectivity index (χ1v) is 9.72. The number of piperazine rings is 1. The summed E-state index contributed by atoms with van der Waals surface area (Å²) in [5, 5.41) is 0. The van der Waals surface area contributed by atoms with Crippen LogP contribution in [-0.2, 0) is 9.59 Å². The van der Waals surface area contributed by atoms with Gasteiger partial charge in [-0.1, -0.05) is 24.3 Å². The molecule has 152 valence electrons. The van der Waals surface area contributed by atoms with E-state index in [4.69, 9.17) is 4.74 Å². The average molecular weight is 400 g/mol. The van der Waals surface area contributed by atoms with Gasteiger partial charge in [-0.3, -0.25) is 9.59 Å². The fraction of sp³-hybridized carbons (Fsp3) is 0.364. The fourth-order valence-corrected chi connectivity index (χ4v) is 3.75. The zero-order valence-corrected chi connectivity index (χ0v) is 15.9. The van der Waals surface area contributed by atoms with Crippen LogP contribution in [0.15, 0.2) is 48.5 Å². The monoisotopic (exact) mass is 400 g/mol. The first-order valence-electron chi connectivity index (χ1n) is 9.72. The predicted molar refractivity (Wildman–Crippen MR) is 102 cm³/mol. The van der Waals surface area contributed by atoms with E-state index in [0.717, 1.165) is 12.0 Å². The number of carbonyl (C=O) groups excluding carboxylic acids is 2. The molecule has 5 nitrogen and oxygen atoms in total. The SMILES string of the molecule is O=C(COc1ccccc1F)N1CCN(C(=O)C2CC2c2ccc(F)cc2)CC1. The van der Waals surface area contributed by atoms with E-state index >= 15 is 0 Å². The van der Waals surface area contributed by atoms with E-state index in [0.29, 0.717) is 26.2 Å². The Hall–Kier alpha value is -2.96. The van der Waals surface area contributed by atoms with Crippen molar-refractivity contribution in [2.45, 2.75) is 12.3 Å². The lowest BCUT2D eigenvalue weighted by Gasteiger charge is -2.35. The van der Waals surface area contributed by atoms with Gasteiger partial charge in [-0.25, -0.2) is 8.78 Å². The van der Waals surface area contributed by atoms with Gasteiger partial charge in [-0.15, -0.1) is 0 Å². The molecule has 2 fully saturated rings. The maximum Gasteiger partial charge on any atom is 0.260 e. The number of carbonyl (C=O) groups is 2. The lowest BCUT2D eigenvalue weighted by atomic mass is 10.1. The Labute approximate surface area is 167 Å². The highest BCUT2D eigenvalue weighted by Crippen LogP contribution is 2.48. The molecule has 0 radical (unpaired) electrons. The highest BCUT2D eigenvalue weighted by Gasteiger charge is 2.46. The first kappa shape index (κ1) is 19.4. The van der Waals surface area contributed by atoms with Crippen LogP contribution in [0.3, 0.4) is 0 Å². The van der Waals surface area contributed by atoms with Crippen LogP contribution in [-0.4, -0.2) is 54.4 Å². The van der Waals surface area contributed by atoms with Gasteiger partial charge in [0.1, 0.15) is 5.82 Å². The molecular weight excluding hydrogens is 378 g/mol. The lowest BCUT2D eigenvalue weighted by Crippen LogP contribution is -2.52. The Morgan fingerprint density at radius 3 is 2.28 bits per heavy atom. The second kappa shape index (κ2) is 8.19. The summed E-state index contributed by atoms with van der Waals surface area (Å²) >= 11 is 0. The van der Waals surface area contributed by atoms with Crippen LogP contribution in [0.5, 0.6) is 5.75 Å². The van der Waals surface area contributed by atoms with Gasteiger partial charge in [-0.2, -0.15) is 0 Å². The normalized spacial score (nSPS) is 21.0. The van der Waals surface area contributed by atoms with Gasteiger partial charge in [-0.05, 0) is 42.2 Å². The molecule has 1 heterocycles. The Morgan fingerprint density at radius 1 is 0.931 bits per heavy atom. The van der Waals surface area contributed by atoms with Gasteiger partial charge in [0.2, 0.25) is 5.91 Å². The van der Waals surface area contributed by atoms with Crippen LogP contribution in [0, 0.1) is 17.6 Å². The number of benzene rings is 2. The Balaban J connectivity index is 1.24. The maximum atomic E-state index is 13.6. The molecule has 4 rings (SSSR count). The Morgan fingerprint density at radius 2 is 1.59 bits per heavy atom. The van der Waals surface area contributed by atoms with Gasteiger partial charge in [0.15, 0.2) is 18.2 Å². The first-order chi connectivity index (χ1) is 14.0. The number of hydrogen-bond donors (Lipinski definition) is 0. The second-order valence-corrected chi connectivity index (χ2v) is 7.43. The van der Waals surface area contributed by atoms with E-state index in [-0.39, 0.29) is 41.8 Å². The molecule has 2 unspecified atom stereocenters. The molecule has 2 amide bonds. The quantitative estimate of drug-likeness (QED) is 0.776. The fourth-order valence-electron chi connectivity index (χ4n) is 3.75. The van der Waals surface area contributed by atoms with Crippen LogP contribution in [0.2, 0.25) is 0 Å². The number of ether oxygens (including phenoxy) is 1. The maximum absolute atomic E-state index is 13.6. The summed E-state index contributed by atoms with van der Waals surface area (Å²) in [6.45, 7) is 1.57. The Kier molecular flexibility index (Phi) is 5.47. The highest BCUT2D eigenvalue weighted by molar-refractivity contribution is 5.83. The molecule has 2 aromatic carbocycles. The number of rotatable bonds is 5. The van der Waals surface area contributed by atoms with Gasteiger partial charge in [0, 0.05) is 32.1 Å². The number of hydrogen-bond acceptors (Lipinski definition) is 3. The van der Waals surface area contributed by atoms with E-state index < -0.39 is 5.82 Å². The molecule has 2 aliphatic rings. The molecule has 0 spiro atoms. The van der Waals surface area contributed by atoms with E-state index in [1.807, 2.05) is 0 Å². The van der Waals surface area contributed by atoms with Crippen molar-refractivity contribution >= 4 is 11.8 Å². The lowest BCUT2D eigenvalue weighted by molar-refractivity contribution is -0.141. The minimum Gasteiger partial charge on any atom is -0.481 e.